The summed E-state index contributed by atoms with van der Waals surface area (Å²) < 4.78 is 18.3. The number of halogens is 1. The Hall–Kier alpha value is -3.48. The predicted molar refractivity (Wildman–Crippen MR) is 111 cm³/mol. The van der Waals surface area contributed by atoms with Crippen LogP contribution in [0.25, 0.3) is 10.9 Å². The van der Waals surface area contributed by atoms with Crippen LogP contribution in [-0.2, 0) is 9.53 Å². The number of Topliss-reactive ketones (excluding diaryl/α,β-unsaturated/α-hetero) is 1. The second-order valence-electron chi connectivity index (χ2n) is 7.40. The van der Waals surface area contributed by atoms with Crippen LogP contribution in [0.1, 0.15) is 40.3 Å². The molecule has 7 heteroatoms. The highest BCUT2D eigenvalue weighted by molar-refractivity contribution is 6.10. The number of benzene rings is 2. The van der Waals surface area contributed by atoms with E-state index in [1.807, 2.05) is 24.3 Å². The van der Waals surface area contributed by atoms with Crippen molar-refractivity contribution in [3.05, 3.63) is 71.2 Å². The minimum atomic E-state index is -0.945. The van der Waals surface area contributed by atoms with Gasteiger partial charge in [0, 0.05) is 27.7 Å². The molecule has 2 N–H and O–H groups in total. The predicted octanol–water partition coefficient (Wildman–Crippen LogP) is 3.80. The molecule has 0 saturated heterocycles. The van der Waals surface area contributed by atoms with Gasteiger partial charge in [-0.15, -0.1) is 0 Å². The lowest BCUT2D eigenvalue weighted by Gasteiger charge is -2.20. The maximum absolute atomic E-state index is 13.0. The molecule has 6 nitrogen and oxygen atoms in total. The number of para-hydroxylation sites is 1. The van der Waals surface area contributed by atoms with Gasteiger partial charge in [0.05, 0.1) is 0 Å². The van der Waals surface area contributed by atoms with E-state index in [1.165, 1.54) is 24.3 Å². The number of H-pyrrole nitrogens is 1. The van der Waals surface area contributed by atoms with Gasteiger partial charge < -0.3 is 15.0 Å². The summed E-state index contributed by atoms with van der Waals surface area (Å²) >= 11 is 0. The highest BCUT2D eigenvalue weighted by atomic mass is 19.1. The van der Waals surface area contributed by atoms with Crippen LogP contribution in [0.15, 0.2) is 48.5 Å². The summed E-state index contributed by atoms with van der Waals surface area (Å²) in [4.78, 5) is 40.8. The van der Waals surface area contributed by atoms with Crippen molar-refractivity contribution in [1.29, 1.82) is 0 Å². The van der Waals surface area contributed by atoms with Crippen molar-refractivity contribution in [3.8, 4) is 0 Å². The Morgan fingerprint density at radius 2 is 1.73 bits per heavy atom. The fourth-order valence-corrected chi connectivity index (χ4v) is 3.26. The molecule has 2 aromatic carbocycles. The molecule has 0 aliphatic heterocycles. The Kier molecular flexibility index (Phi) is 6.30. The minimum Gasteiger partial charge on any atom is -0.456 e. The van der Waals surface area contributed by atoms with Crippen molar-refractivity contribution >= 4 is 28.6 Å². The SMILES string of the molecule is Cc1[nH]c2ccccc2c1C(=O)COC(=O)[C@@H](NC(=O)c1ccc(F)cc1)C(C)C. The number of amides is 1. The highest BCUT2D eigenvalue weighted by Gasteiger charge is 2.27. The largest absolute Gasteiger partial charge is 0.456 e. The Morgan fingerprint density at radius 3 is 2.40 bits per heavy atom. The van der Waals surface area contributed by atoms with Crippen LogP contribution in [0.5, 0.6) is 0 Å². The molecule has 0 aliphatic carbocycles. The average Bonchev–Trinajstić information content (AvgIpc) is 3.05. The molecule has 30 heavy (non-hydrogen) atoms. The molecule has 3 rings (SSSR count). The molecule has 0 spiro atoms. The van der Waals surface area contributed by atoms with E-state index in [-0.39, 0.29) is 17.3 Å². The first-order valence-electron chi connectivity index (χ1n) is 9.61. The first-order valence-corrected chi connectivity index (χ1v) is 9.61. The van der Waals surface area contributed by atoms with Crippen molar-refractivity contribution < 1.29 is 23.5 Å². The van der Waals surface area contributed by atoms with Crippen LogP contribution in [0, 0.1) is 18.7 Å². The van der Waals surface area contributed by atoms with Crippen LogP contribution in [0.3, 0.4) is 0 Å². The first kappa shape index (κ1) is 21.2. The van der Waals surface area contributed by atoms with E-state index < -0.39 is 30.3 Å². The fourth-order valence-electron chi connectivity index (χ4n) is 3.26. The van der Waals surface area contributed by atoms with Crippen molar-refractivity contribution in [2.24, 2.45) is 5.92 Å². The number of hydrogen-bond donors (Lipinski definition) is 2. The summed E-state index contributed by atoms with van der Waals surface area (Å²) in [5.74, 6) is -2.29. The lowest BCUT2D eigenvalue weighted by Crippen LogP contribution is -2.45. The van der Waals surface area contributed by atoms with E-state index in [2.05, 4.69) is 10.3 Å². The Labute approximate surface area is 173 Å². The maximum Gasteiger partial charge on any atom is 0.329 e. The summed E-state index contributed by atoms with van der Waals surface area (Å²) in [6, 6.07) is 11.4. The van der Waals surface area contributed by atoms with Crippen LogP contribution in [0.2, 0.25) is 0 Å². The van der Waals surface area contributed by atoms with E-state index in [0.717, 1.165) is 10.9 Å². The van der Waals surface area contributed by atoms with Gasteiger partial charge in [-0.25, -0.2) is 9.18 Å². The van der Waals surface area contributed by atoms with Crippen LogP contribution in [0.4, 0.5) is 4.39 Å². The third kappa shape index (κ3) is 4.56. The molecule has 0 saturated carbocycles. The van der Waals surface area contributed by atoms with E-state index >= 15 is 0 Å². The highest BCUT2D eigenvalue weighted by Crippen LogP contribution is 2.22. The lowest BCUT2D eigenvalue weighted by molar-refractivity contribution is -0.145. The molecule has 1 heterocycles. The second-order valence-corrected chi connectivity index (χ2v) is 7.40. The number of aromatic amines is 1. The Bertz CT molecular complexity index is 1090. The molecule has 3 aromatic rings. The summed E-state index contributed by atoms with van der Waals surface area (Å²) in [6.07, 6.45) is 0. The molecule has 156 valence electrons. The molecule has 0 bridgehead atoms. The molecule has 1 atom stereocenters. The first-order chi connectivity index (χ1) is 14.3. The number of nitrogens with one attached hydrogen (secondary N) is 2. The summed E-state index contributed by atoms with van der Waals surface area (Å²) in [5, 5.41) is 3.36. The number of carbonyl (C=O) groups is 3. The molecular formula is C23H23FN2O4. The number of esters is 1. The smallest absolute Gasteiger partial charge is 0.329 e. The fraction of sp³-hybridized carbons (Fsp3) is 0.261. The number of ether oxygens (including phenoxy) is 1. The Morgan fingerprint density at radius 1 is 1.07 bits per heavy atom. The number of fused-ring (bicyclic) bond motifs is 1. The van der Waals surface area contributed by atoms with Gasteiger partial charge in [0.15, 0.2) is 6.61 Å². The molecule has 0 unspecified atom stereocenters. The zero-order valence-corrected chi connectivity index (χ0v) is 17.0. The second kappa shape index (κ2) is 8.90. The van der Waals surface area contributed by atoms with Gasteiger partial charge in [-0.05, 0) is 43.2 Å². The summed E-state index contributed by atoms with van der Waals surface area (Å²) in [7, 11) is 0. The average molecular weight is 410 g/mol. The van der Waals surface area contributed by atoms with Gasteiger partial charge in [0.1, 0.15) is 11.9 Å². The van der Waals surface area contributed by atoms with E-state index in [4.69, 9.17) is 4.74 Å². The van der Waals surface area contributed by atoms with Crippen LogP contribution >= 0.6 is 0 Å². The monoisotopic (exact) mass is 410 g/mol. The number of hydrogen-bond acceptors (Lipinski definition) is 4. The zero-order valence-electron chi connectivity index (χ0n) is 17.0. The van der Waals surface area contributed by atoms with Gasteiger partial charge in [0.25, 0.3) is 5.91 Å². The molecule has 0 fully saturated rings. The molecule has 1 amide bonds. The normalized spacial score (nSPS) is 12.0. The summed E-state index contributed by atoms with van der Waals surface area (Å²) in [5.41, 5.74) is 2.23. The van der Waals surface area contributed by atoms with Crippen LogP contribution in [-0.4, -0.2) is 35.3 Å². The maximum atomic E-state index is 13.0. The number of ketones is 1. The topological polar surface area (TPSA) is 88.3 Å². The Balaban J connectivity index is 1.67. The zero-order chi connectivity index (χ0) is 21.8. The van der Waals surface area contributed by atoms with Gasteiger partial charge in [-0.3, -0.25) is 9.59 Å². The number of rotatable bonds is 7. The van der Waals surface area contributed by atoms with E-state index in [0.29, 0.717) is 11.3 Å². The number of aryl methyl sites for hydroxylation is 1. The molecule has 0 aliphatic rings. The van der Waals surface area contributed by atoms with E-state index in [9.17, 15) is 18.8 Å². The minimum absolute atomic E-state index is 0.223. The van der Waals surface area contributed by atoms with E-state index in [1.54, 1.807) is 20.8 Å². The number of aromatic nitrogens is 1. The standard InChI is InChI=1S/C23H23FN2O4/c1-13(2)21(26-22(28)15-8-10-16(24)11-9-15)23(29)30-12-19(27)20-14(3)25-18-7-5-4-6-17(18)20/h4-11,13,21,25H,12H2,1-3H3,(H,26,28)/t21-/m0/s1. The van der Waals surface area contributed by atoms with Crippen molar-refractivity contribution in [2.75, 3.05) is 6.61 Å². The van der Waals surface area contributed by atoms with Crippen molar-refractivity contribution in [2.45, 2.75) is 26.8 Å². The van der Waals surface area contributed by atoms with Gasteiger partial charge in [0.2, 0.25) is 5.78 Å². The van der Waals surface area contributed by atoms with Gasteiger partial charge in [-0.2, -0.15) is 0 Å². The summed E-state index contributed by atoms with van der Waals surface area (Å²) in [6.45, 7) is 4.86. The number of carbonyl (C=O) groups excluding carboxylic acids is 3. The van der Waals surface area contributed by atoms with Gasteiger partial charge in [-0.1, -0.05) is 32.0 Å². The van der Waals surface area contributed by atoms with Crippen molar-refractivity contribution in [3.63, 3.8) is 0 Å². The lowest BCUT2D eigenvalue weighted by atomic mass is 10.0. The van der Waals surface area contributed by atoms with Crippen molar-refractivity contribution in [1.82, 2.24) is 10.3 Å². The molecule has 0 radical (unpaired) electrons. The quantitative estimate of drug-likeness (QED) is 0.458. The third-order valence-electron chi connectivity index (χ3n) is 4.83. The molecular weight excluding hydrogens is 387 g/mol. The molecule has 1 aromatic heterocycles. The van der Waals surface area contributed by atoms with Crippen LogP contribution < -0.4 is 5.32 Å². The van der Waals surface area contributed by atoms with Gasteiger partial charge >= 0.3 is 5.97 Å². The third-order valence-corrected chi connectivity index (χ3v) is 4.83.